The lowest BCUT2D eigenvalue weighted by atomic mass is 10.0. The molecule has 1 N–H and O–H groups in total. The van der Waals surface area contributed by atoms with Crippen molar-refractivity contribution in [2.24, 2.45) is 0 Å². The highest BCUT2D eigenvalue weighted by atomic mass is 19.2. The van der Waals surface area contributed by atoms with Crippen LogP contribution >= 0.6 is 0 Å². The van der Waals surface area contributed by atoms with Gasteiger partial charge in [-0.1, -0.05) is 0 Å². The van der Waals surface area contributed by atoms with Crippen LogP contribution in [0.25, 0.3) is 11.0 Å². The number of hydrogen-bond acceptors (Lipinski definition) is 6. The number of nitrogens with one attached hydrogen (secondary N) is 1. The molecule has 0 spiro atoms. The number of halogens is 3. The normalized spacial score (nSPS) is 15.0. The van der Waals surface area contributed by atoms with E-state index in [1.54, 1.807) is 25.3 Å². The zero-order valence-electron chi connectivity index (χ0n) is 17.5. The first-order valence-electron chi connectivity index (χ1n) is 10.0. The van der Waals surface area contributed by atoms with E-state index in [4.69, 9.17) is 14.5 Å². The molecule has 0 radical (unpaired) electrons. The van der Waals surface area contributed by atoms with Gasteiger partial charge in [-0.05, 0) is 19.1 Å². The maximum Gasteiger partial charge on any atom is 0.251 e. The molecule has 2 aromatic carbocycles. The molecule has 0 saturated carbocycles. The third-order valence-corrected chi connectivity index (χ3v) is 5.20. The number of carbonyl (C=O) groups is 1. The number of fused-ring (bicyclic) bond motifs is 1. The number of rotatable bonds is 5. The molecular formula is C22H21F3N4O3. The predicted octanol–water partition coefficient (Wildman–Crippen LogP) is 3.38. The average molecular weight is 446 g/mol. The fourth-order valence-electron chi connectivity index (χ4n) is 3.53. The Morgan fingerprint density at radius 3 is 2.50 bits per heavy atom. The first-order chi connectivity index (χ1) is 15.4. The summed E-state index contributed by atoms with van der Waals surface area (Å²) >= 11 is 0. The van der Waals surface area contributed by atoms with E-state index in [1.165, 1.54) is 7.05 Å². The van der Waals surface area contributed by atoms with Gasteiger partial charge in [0.15, 0.2) is 17.5 Å². The highest BCUT2D eigenvalue weighted by Crippen LogP contribution is 2.30. The van der Waals surface area contributed by atoms with Gasteiger partial charge in [-0.3, -0.25) is 9.78 Å². The van der Waals surface area contributed by atoms with Gasteiger partial charge in [0.1, 0.15) is 17.7 Å². The van der Waals surface area contributed by atoms with Crippen molar-refractivity contribution in [3.8, 4) is 5.75 Å². The third-order valence-electron chi connectivity index (χ3n) is 5.20. The molecule has 7 nitrogen and oxygen atoms in total. The van der Waals surface area contributed by atoms with E-state index in [2.05, 4.69) is 10.3 Å². The van der Waals surface area contributed by atoms with Crippen molar-refractivity contribution >= 4 is 22.8 Å². The molecule has 1 saturated heterocycles. The molecular weight excluding hydrogens is 425 g/mol. The quantitative estimate of drug-likeness (QED) is 0.606. The first kappa shape index (κ1) is 21.8. The average Bonchev–Trinajstić information content (AvgIpc) is 2.81. The van der Waals surface area contributed by atoms with Crippen molar-refractivity contribution in [1.29, 1.82) is 0 Å². The summed E-state index contributed by atoms with van der Waals surface area (Å²) in [4.78, 5) is 23.5. The molecule has 10 heteroatoms. The number of aromatic nitrogens is 2. The summed E-state index contributed by atoms with van der Waals surface area (Å²) in [5.74, 6) is -4.17. The summed E-state index contributed by atoms with van der Waals surface area (Å²) < 4.78 is 51.6. The fourth-order valence-corrected chi connectivity index (χ4v) is 3.53. The number of ether oxygens (including phenoxy) is 2. The number of morpholine rings is 1. The van der Waals surface area contributed by atoms with Crippen molar-refractivity contribution in [2.75, 3.05) is 38.3 Å². The Bertz CT molecular complexity index is 1150. The van der Waals surface area contributed by atoms with E-state index in [9.17, 15) is 18.0 Å². The van der Waals surface area contributed by atoms with E-state index in [-0.39, 0.29) is 11.7 Å². The van der Waals surface area contributed by atoms with Gasteiger partial charge in [0.25, 0.3) is 5.91 Å². The van der Waals surface area contributed by atoms with E-state index in [1.807, 2.05) is 4.90 Å². The minimum atomic E-state index is -1.57. The number of benzene rings is 2. The summed E-state index contributed by atoms with van der Waals surface area (Å²) in [6, 6.07) is 4.74. The predicted molar refractivity (Wildman–Crippen MR) is 111 cm³/mol. The summed E-state index contributed by atoms with van der Waals surface area (Å²) in [5, 5.41) is 2.56. The van der Waals surface area contributed by atoms with Crippen LogP contribution in [0.2, 0.25) is 0 Å². The number of anilines is 1. The number of carbonyl (C=O) groups excluding carboxylic acids is 1. The molecule has 1 aliphatic rings. The van der Waals surface area contributed by atoms with Crippen molar-refractivity contribution in [3.05, 3.63) is 59.0 Å². The standard InChI is InChI=1S/C22H21F3N4O3/c1-12(32-14-9-16(23)20(25)17(24)10-14)15-7-13(22(30)26-2)8-18-21(15)28-19(11-27-18)29-3-5-31-6-4-29/h7-12H,3-6H2,1-2H3,(H,26,30). The molecule has 32 heavy (non-hydrogen) atoms. The Morgan fingerprint density at radius 1 is 1.16 bits per heavy atom. The molecule has 4 rings (SSSR count). The van der Waals surface area contributed by atoms with Crippen molar-refractivity contribution in [2.45, 2.75) is 13.0 Å². The molecule has 0 aliphatic carbocycles. The van der Waals surface area contributed by atoms with Crippen LogP contribution in [0.3, 0.4) is 0 Å². The summed E-state index contributed by atoms with van der Waals surface area (Å²) in [6.07, 6.45) is 0.849. The highest BCUT2D eigenvalue weighted by Gasteiger charge is 2.21. The van der Waals surface area contributed by atoms with Crippen LogP contribution in [-0.2, 0) is 4.74 Å². The number of hydrogen-bond donors (Lipinski definition) is 1. The highest BCUT2D eigenvalue weighted by molar-refractivity contribution is 5.98. The molecule has 0 bridgehead atoms. The van der Waals surface area contributed by atoms with Crippen LogP contribution in [0.15, 0.2) is 30.5 Å². The molecule has 2 heterocycles. The largest absolute Gasteiger partial charge is 0.486 e. The SMILES string of the molecule is CNC(=O)c1cc(C(C)Oc2cc(F)c(F)c(F)c2)c2nc(N3CCOCC3)cnc2c1. The van der Waals surface area contributed by atoms with Crippen molar-refractivity contribution in [1.82, 2.24) is 15.3 Å². The summed E-state index contributed by atoms with van der Waals surface area (Å²) in [7, 11) is 1.50. The fraction of sp³-hybridized carbons (Fsp3) is 0.318. The Labute approximate surface area is 182 Å². The monoisotopic (exact) mass is 446 g/mol. The van der Waals surface area contributed by atoms with Crippen molar-refractivity contribution in [3.63, 3.8) is 0 Å². The Morgan fingerprint density at radius 2 is 1.84 bits per heavy atom. The lowest BCUT2D eigenvalue weighted by Crippen LogP contribution is -2.36. The van der Waals surface area contributed by atoms with Gasteiger partial charge >= 0.3 is 0 Å². The molecule has 1 aromatic heterocycles. The van der Waals surface area contributed by atoms with Gasteiger partial charge in [0.05, 0.1) is 30.4 Å². The van der Waals surface area contributed by atoms with Gasteiger partial charge in [-0.15, -0.1) is 0 Å². The van der Waals surface area contributed by atoms with Crippen molar-refractivity contribution < 1.29 is 27.4 Å². The van der Waals surface area contributed by atoms with Crippen LogP contribution in [0.1, 0.15) is 28.9 Å². The second-order valence-electron chi connectivity index (χ2n) is 7.30. The molecule has 1 fully saturated rings. The zero-order chi connectivity index (χ0) is 22.8. The maximum absolute atomic E-state index is 13.6. The van der Waals surface area contributed by atoms with Gasteiger partial charge < -0.3 is 19.7 Å². The van der Waals surface area contributed by atoms with Crippen LogP contribution in [0, 0.1) is 17.5 Å². The minimum Gasteiger partial charge on any atom is -0.486 e. The van der Waals surface area contributed by atoms with Crippen LogP contribution < -0.4 is 15.0 Å². The van der Waals surface area contributed by atoms with Gasteiger partial charge in [0, 0.05) is 43.4 Å². The molecule has 1 atom stereocenters. The summed E-state index contributed by atoms with van der Waals surface area (Å²) in [6.45, 7) is 4.11. The molecule has 168 valence electrons. The molecule has 1 unspecified atom stereocenters. The lowest BCUT2D eigenvalue weighted by molar-refractivity contribution is 0.0963. The van der Waals surface area contributed by atoms with Crippen LogP contribution in [0.5, 0.6) is 5.75 Å². The molecule has 3 aromatic rings. The number of amides is 1. The molecule has 1 aliphatic heterocycles. The minimum absolute atomic E-state index is 0.190. The second kappa shape index (κ2) is 8.99. The van der Waals surface area contributed by atoms with E-state index >= 15 is 0 Å². The van der Waals surface area contributed by atoms with Gasteiger partial charge in [-0.25, -0.2) is 18.2 Å². The Balaban J connectivity index is 1.77. The van der Waals surface area contributed by atoms with Gasteiger partial charge in [0.2, 0.25) is 0 Å². The first-order valence-corrected chi connectivity index (χ1v) is 10.0. The molecule has 1 amide bonds. The van der Waals surface area contributed by atoms with E-state index in [0.29, 0.717) is 54.3 Å². The van der Waals surface area contributed by atoms with Gasteiger partial charge in [-0.2, -0.15) is 0 Å². The number of nitrogens with zero attached hydrogens (tertiary/aromatic N) is 3. The van der Waals surface area contributed by atoms with E-state index in [0.717, 1.165) is 12.1 Å². The summed E-state index contributed by atoms with van der Waals surface area (Å²) in [5.41, 5.74) is 1.77. The topological polar surface area (TPSA) is 76.6 Å². The van der Waals surface area contributed by atoms with Crippen LogP contribution in [0.4, 0.5) is 19.0 Å². The second-order valence-corrected chi connectivity index (χ2v) is 7.30. The smallest absolute Gasteiger partial charge is 0.251 e. The Hall–Kier alpha value is -3.40. The third kappa shape index (κ3) is 4.31. The zero-order valence-corrected chi connectivity index (χ0v) is 17.5. The lowest BCUT2D eigenvalue weighted by Gasteiger charge is -2.28. The Kier molecular flexibility index (Phi) is 6.13. The van der Waals surface area contributed by atoms with E-state index < -0.39 is 23.6 Å². The van der Waals surface area contributed by atoms with Crippen LogP contribution in [-0.4, -0.2) is 49.2 Å². The maximum atomic E-state index is 13.6.